The minimum atomic E-state index is -1.79. The molecule has 1 aromatic carbocycles. The van der Waals surface area contributed by atoms with Gasteiger partial charge in [0.2, 0.25) is 17.2 Å². The molecular weight excluding hydrogens is 659 g/mol. The molecule has 1 fully saturated rings. The standard InChI is InChI=1S/C27H27N9O7S3/c1-27(2,24(41)42)43-34-17(14-11-45-25(30)31-14)20(37)33-18-21(38)36-19(23(39)40)12(9-44-22(18)36)10-46-26-32-15(28)8-16(29)35(26)13-6-4-3-5-7-13/h3-8,11,18,22H,9-10H2,1-2H3,(H8,28,29,30,31,33,37,39,40,41,42)/b34-17-/t18?,22-/m1/s1. The fourth-order valence-electron chi connectivity index (χ4n) is 4.40. The van der Waals surface area contributed by atoms with E-state index in [2.05, 4.69) is 20.4 Å². The SMILES string of the molecule is CC(C)(O/N=C(\C(=O)NC1C(=O)N2C(C(=O)[O-])=C(CSc3nc(N)cc(N)[n+]3-c3ccccc3)CS[C@H]12)c1csc(N)n1)C(=O)O. The first kappa shape index (κ1) is 32.5. The van der Waals surface area contributed by atoms with Gasteiger partial charge < -0.3 is 42.4 Å². The number of rotatable bonds is 11. The number of fused-ring (bicyclic) bond motifs is 1. The molecule has 240 valence electrons. The highest BCUT2D eigenvalue weighted by Crippen LogP contribution is 2.41. The summed E-state index contributed by atoms with van der Waals surface area (Å²) in [7, 11) is 0. The van der Waals surface area contributed by atoms with E-state index in [-0.39, 0.29) is 33.8 Å². The minimum absolute atomic E-state index is 0.000664. The second kappa shape index (κ2) is 12.9. The second-order valence-electron chi connectivity index (χ2n) is 10.4. The molecule has 5 rings (SSSR count). The molecule has 0 spiro atoms. The van der Waals surface area contributed by atoms with E-state index in [0.29, 0.717) is 16.5 Å². The van der Waals surface area contributed by atoms with Crippen molar-refractivity contribution in [3.63, 3.8) is 0 Å². The zero-order valence-electron chi connectivity index (χ0n) is 24.2. The van der Waals surface area contributed by atoms with Crippen LogP contribution in [0.25, 0.3) is 5.69 Å². The first-order valence-corrected chi connectivity index (χ1v) is 16.3. The normalized spacial score (nSPS) is 18.1. The molecule has 2 aromatic heterocycles. The summed E-state index contributed by atoms with van der Waals surface area (Å²) in [5.74, 6) is -3.67. The third-order valence-electron chi connectivity index (χ3n) is 6.75. The molecule has 0 aliphatic carbocycles. The van der Waals surface area contributed by atoms with Gasteiger partial charge >= 0.3 is 11.1 Å². The van der Waals surface area contributed by atoms with E-state index in [4.69, 9.17) is 22.0 Å². The van der Waals surface area contributed by atoms with Gasteiger partial charge in [0.05, 0.1) is 17.7 Å². The number of nitrogen functional groups attached to an aromatic ring is 3. The number of nitrogens with zero attached hydrogens (tertiary/aromatic N) is 5. The van der Waals surface area contributed by atoms with E-state index < -0.39 is 46.5 Å². The van der Waals surface area contributed by atoms with E-state index in [1.165, 1.54) is 48.8 Å². The Bertz CT molecular complexity index is 1800. The molecule has 1 unspecified atom stereocenters. The number of nitrogens with two attached hydrogens (primary N) is 3. The second-order valence-corrected chi connectivity index (χ2v) is 13.3. The first-order chi connectivity index (χ1) is 21.8. The number of anilines is 3. The number of carbonyl (C=O) groups excluding carboxylic acids is 3. The van der Waals surface area contributed by atoms with Crippen molar-refractivity contribution in [1.29, 1.82) is 0 Å². The molecule has 4 heterocycles. The fourth-order valence-corrected chi connectivity index (χ4v) is 7.47. The highest BCUT2D eigenvalue weighted by molar-refractivity contribution is 8.01. The van der Waals surface area contributed by atoms with Gasteiger partial charge in [-0.25, -0.2) is 9.78 Å². The number of hydrogen-bond donors (Lipinski definition) is 5. The maximum Gasteiger partial charge on any atom is 0.350 e. The number of carbonyl (C=O) groups is 4. The average molecular weight is 686 g/mol. The third kappa shape index (κ3) is 6.42. The number of aliphatic carboxylic acids is 2. The molecule has 8 N–H and O–H groups in total. The average Bonchev–Trinajstić information content (AvgIpc) is 3.43. The number of para-hydroxylation sites is 1. The maximum atomic E-state index is 13.3. The Kier molecular flexibility index (Phi) is 9.08. The number of aromatic nitrogens is 3. The number of benzene rings is 1. The molecule has 3 aromatic rings. The topological polar surface area (TPSA) is 256 Å². The maximum absolute atomic E-state index is 13.3. The van der Waals surface area contributed by atoms with Gasteiger partial charge in [0.25, 0.3) is 11.8 Å². The van der Waals surface area contributed by atoms with Crippen LogP contribution in [0.3, 0.4) is 0 Å². The van der Waals surface area contributed by atoms with Gasteiger partial charge in [-0.3, -0.25) is 14.5 Å². The molecule has 0 bridgehead atoms. The largest absolute Gasteiger partial charge is 0.543 e. The number of nitrogens with one attached hydrogen (secondary N) is 1. The Labute approximate surface area is 273 Å². The van der Waals surface area contributed by atoms with Gasteiger partial charge in [0, 0.05) is 16.9 Å². The lowest BCUT2D eigenvalue weighted by molar-refractivity contribution is -0.626. The van der Waals surface area contributed by atoms with Gasteiger partial charge in [-0.05, 0) is 43.3 Å². The van der Waals surface area contributed by atoms with Gasteiger partial charge in [-0.15, -0.1) is 23.1 Å². The van der Waals surface area contributed by atoms with Crippen LogP contribution in [-0.2, 0) is 24.0 Å². The van der Waals surface area contributed by atoms with E-state index in [9.17, 15) is 29.4 Å². The monoisotopic (exact) mass is 685 g/mol. The molecule has 19 heteroatoms. The lowest BCUT2D eigenvalue weighted by atomic mass is 10.0. The van der Waals surface area contributed by atoms with Gasteiger partial charge in [0.15, 0.2) is 10.8 Å². The van der Waals surface area contributed by atoms with Crippen LogP contribution in [0.15, 0.2) is 63.4 Å². The van der Waals surface area contributed by atoms with Crippen LogP contribution >= 0.6 is 34.9 Å². The fraction of sp³-hybridized carbons (Fsp3) is 0.259. The molecule has 2 aliphatic rings. The Hall–Kier alpha value is -4.88. The number of β-lactam (4-membered cyclic amide) rings is 1. The number of thiazole rings is 1. The number of thioether (sulfide) groups is 2. The Morgan fingerprint density at radius 1 is 1.24 bits per heavy atom. The molecule has 2 atom stereocenters. The van der Waals surface area contributed by atoms with Gasteiger partial charge in [-0.1, -0.05) is 28.3 Å². The van der Waals surface area contributed by atoms with Crippen molar-refractivity contribution in [2.45, 2.75) is 36.0 Å². The molecule has 46 heavy (non-hydrogen) atoms. The zero-order valence-corrected chi connectivity index (χ0v) is 26.6. The van der Waals surface area contributed by atoms with Crippen molar-refractivity contribution >= 4 is 81.1 Å². The number of carboxylic acid groups (broad SMARTS) is 2. The first-order valence-electron chi connectivity index (χ1n) is 13.3. The number of hydrogen-bond acceptors (Lipinski definition) is 15. The summed E-state index contributed by atoms with van der Waals surface area (Å²) in [5, 5.41) is 29.1. The quantitative estimate of drug-likeness (QED) is 0.0420. The highest BCUT2D eigenvalue weighted by atomic mass is 32.2. The predicted octanol–water partition coefficient (Wildman–Crippen LogP) is -0.658. The van der Waals surface area contributed by atoms with Crippen LogP contribution in [0.5, 0.6) is 0 Å². The summed E-state index contributed by atoms with van der Waals surface area (Å²) in [6.07, 6.45) is 0. The van der Waals surface area contributed by atoms with E-state index in [1.807, 2.05) is 30.3 Å². The molecule has 1 saturated heterocycles. The molecule has 2 aliphatic heterocycles. The van der Waals surface area contributed by atoms with Crippen molar-refractivity contribution in [3.8, 4) is 5.69 Å². The van der Waals surface area contributed by atoms with Crippen LogP contribution in [0, 0.1) is 0 Å². The van der Waals surface area contributed by atoms with Crippen molar-refractivity contribution < 1.29 is 38.8 Å². The van der Waals surface area contributed by atoms with Gasteiger partial charge in [0.1, 0.15) is 22.8 Å². The van der Waals surface area contributed by atoms with Crippen LogP contribution in [0.1, 0.15) is 19.5 Å². The summed E-state index contributed by atoms with van der Waals surface area (Å²) in [5.41, 5.74) is 16.5. The van der Waals surface area contributed by atoms with Gasteiger partial charge in [-0.2, -0.15) is 4.57 Å². The summed E-state index contributed by atoms with van der Waals surface area (Å²) in [4.78, 5) is 65.0. The zero-order chi connectivity index (χ0) is 33.3. The summed E-state index contributed by atoms with van der Waals surface area (Å²) in [6, 6.07) is 9.54. The Balaban J connectivity index is 1.36. The lowest BCUT2D eigenvalue weighted by Gasteiger charge is -2.50. The summed E-state index contributed by atoms with van der Waals surface area (Å²) < 4.78 is 1.68. The molecule has 0 saturated carbocycles. The van der Waals surface area contributed by atoms with E-state index in [0.717, 1.165) is 21.9 Å². The summed E-state index contributed by atoms with van der Waals surface area (Å²) >= 11 is 3.43. The number of carboxylic acids is 2. The lowest BCUT2D eigenvalue weighted by Crippen LogP contribution is -2.71. The molecule has 0 radical (unpaired) electrons. The highest BCUT2D eigenvalue weighted by Gasteiger charge is 2.53. The molecule has 16 nitrogen and oxygen atoms in total. The Morgan fingerprint density at radius 3 is 2.59 bits per heavy atom. The van der Waals surface area contributed by atoms with Crippen LogP contribution in [-0.4, -0.2) is 78.0 Å². The van der Waals surface area contributed by atoms with Crippen molar-refractivity contribution in [2.24, 2.45) is 5.16 Å². The minimum Gasteiger partial charge on any atom is -0.543 e. The molecule has 2 amide bonds. The molecular formula is C27H27N9O7S3. The van der Waals surface area contributed by atoms with Crippen LogP contribution in [0.4, 0.5) is 16.8 Å². The predicted molar refractivity (Wildman–Crippen MR) is 168 cm³/mol. The van der Waals surface area contributed by atoms with Crippen LogP contribution in [0.2, 0.25) is 0 Å². The van der Waals surface area contributed by atoms with E-state index in [1.54, 1.807) is 4.57 Å². The Morgan fingerprint density at radius 2 is 1.96 bits per heavy atom. The number of amides is 2. The van der Waals surface area contributed by atoms with Crippen molar-refractivity contribution in [2.75, 3.05) is 28.7 Å². The smallest absolute Gasteiger partial charge is 0.350 e. The summed E-state index contributed by atoms with van der Waals surface area (Å²) in [6.45, 7) is 2.47. The van der Waals surface area contributed by atoms with Crippen molar-refractivity contribution in [3.05, 3.63) is 58.7 Å². The van der Waals surface area contributed by atoms with Crippen LogP contribution < -0.4 is 32.2 Å². The van der Waals surface area contributed by atoms with E-state index >= 15 is 0 Å². The number of oxime groups is 1. The third-order valence-corrected chi connectivity index (χ3v) is 9.79. The van der Waals surface area contributed by atoms with Crippen molar-refractivity contribution in [1.82, 2.24) is 20.2 Å².